The molecule has 3 aromatic rings. The molecular weight excluding hydrogens is 464 g/mol. The predicted octanol–water partition coefficient (Wildman–Crippen LogP) is 3.96. The number of benzene rings is 3. The van der Waals surface area contributed by atoms with Crippen molar-refractivity contribution in [3.8, 4) is 0 Å². The molecule has 5 rings (SSSR count). The zero-order valence-corrected chi connectivity index (χ0v) is 20.2. The van der Waals surface area contributed by atoms with Crippen LogP contribution < -0.4 is 9.21 Å². The standard InChI is InChI=1S/C27H26N2O5S/c1-19-16-21-9-3-5-14-25(21)29(19)26(30)18-34-27(31)22-10-6-12-23(17-22)35(32,33)28-15-7-11-20-8-2-4-13-24(20)28/h2-6,8-10,12-14,17,19H,7,11,15-16,18H2,1H3/t19-/m0/s1. The molecule has 3 aromatic carbocycles. The molecule has 180 valence electrons. The molecule has 1 atom stereocenters. The fourth-order valence-electron chi connectivity index (χ4n) is 4.89. The Kier molecular flexibility index (Phi) is 6.06. The molecule has 0 saturated heterocycles. The van der Waals surface area contributed by atoms with Crippen LogP contribution in [0.25, 0.3) is 0 Å². The Morgan fingerprint density at radius 2 is 1.66 bits per heavy atom. The summed E-state index contributed by atoms with van der Waals surface area (Å²) in [6.07, 6.45) is 2.29. The lowest BCUT2D eigenvalue weighted by Crippen LogP contribution is -2.38. The summed E-state index contributed by atoms with van der Waals surface area (Å²) in [6.45, 7) is 1.90. The molecule has 1 amide bonds. The van der Waals surface area contributed by atoms with Crippen molar-refractivity contribution in [2.75, 3.05) is 22.4 Å². The summed E-state index contributed by atoms with van der Waals surface area (Å²) in [5.74, 6) is -1.06. The van der Waals surface area contributed by atoms with Crippen molar-refractivity contribution in [1.29, 1.82) is 0 Å². The van der Waals surface area contributed by atoms with Gasteiger partial charge in [-0.15, -0.1) is 0 Å². The summed E-state index contributed by atoms with van der Waals surface area (Å²) in [7, 11) is -3.87. The van der Waals surface area contributed by atoms with Crippen molar-refractivity contribution in [2.24, 2.45) is 0 Å². The van der Waals surface area contributed by atoms with Crippen LogP contribution in [0.15, 0.2) is 77.7 Å². The molecule has 0 saturated carbocycles. The van der Waals surface area contributed by atoms with Gasteiger partial charge in [-0.25, -0.2) is 13.2 Å². The lowest BCUT2D eigenvalue weighted by Gasteiger charge is -2.30. The van der Waals surface area contributed by atoms with Crippen molar-refractivity contribution in [3.63, 3.8) is 0 Å². The maximum Gasteiger partial charge on any atom is 0.338 e. The molecule has 7 nitrogen and oxygen atoms in total. The number of amides is 1. The highest BCUT2D eigenvalue weighted by atomic mass is 32.2. The Bertz CT molecular complexity index is 1400. The molecule has 0 spiro atoms. The van der Waals surface area contributed by atoms with Crippen molar-refractivity contribution in [2.45, 2.75) is 37.1 Å². The van der Waals surface area contributed by atoms with Gasteiger partial charge in [0.1, 0.15) is 0 Å². The van der Waals surface area contributed by atoms with Crippen LogP contribution >= 0.6 is 0 Å². The Morgan fingerprint density at radius 1 is 0.943 bits per heavy atom. The van der Waals surface area contributed by atoms with Gasteiger partial charge in [-0.1, -0.05) is 42.5 Å². The Hall–Kier alpha value is -3.65. The van der Waals surface area contributed by atoms with E-state index >= 15 is 0 Å². The number of sulfonamides is 1. The molecule has 2 heterocycles. The van der Waals surface area contributed by atoms with E-state index in [2.05, 4.69) is 0 Å². The molecule has 0 aromatic heterocycles. The highest BCUT2D eigenvalue weighted by Gasteiger charge is 2.32. The highest BCUT2D eigenvalue weighted by molar-refractivity contribution is 7.92. The van der Waals surface area contributed by atoms with Crippen molar-refractivity contribution in [3.05, 3.63) is 89.5 Å². The number of hydrogen-bond acceptors (Lipinski definition) is 5. The van der Waals surface area contributed by atoms with Gasteiger partial charge in [0.2, 0.25) is 0 Å². The smallest absolute Gasteiger partial charge is 0.338 e. The fraction of sp³-hybridized carbons (Fsp3) is 0.259. The maximum absolute atomic E-state index is 13.4. The Balaban J connectivity index is 1.31. The van der Waals surface area contributed by atoms with Crippen molar-refractivity contribution in [1.82, 2.24) is 0 Å². The van der Waals surface area contributed by atoms with Crippen LogP contribution in [-0.2, 0) is 32.4 Å². The third-order valence-electron chi connectivity index (χ3n) is 6.53. The second kappa shape index (κ2) is 9.19. The van der Waals surface area contributed by atoms with E-state index in [1.54, 1.807) is 11.0 Å². The number of rotatable bonds is 5. The molecule has 2 aliphatic heterocycles. The maximum atomic E-state index is 13.4. The summed E-state index contributed by atoms with van der Waals surface area (Å²) in [6, 6.07) is 20.9. The van der Waals surface area contributed by atoms with E-state index in [1.165, 1.54) is 28.6 Å². The zero-order valence-electron chi connectivity index (χ0n) is 19.4. The minimum Gasteiger partial charge on any atom is -0.452 e. The van der Waals surface area contributed by atoms with E-state index in [0.717, 1.165) is 36.1 Å². The first kappa shape index (κ1) is 23.1. The topological polar surface area (TPSA) is 84.0 Å². The van der Waals surface area contributed by atoms with Crippen LogP contribution in [-0.4, -0.2) is 39.5 Å². The third kappa shape index (κ3) is 4.30. The van der Waals surface area contributed by atoms with Gasteiger partial charge in [-0.2, -0.15) is 0 Å². The molecule has 0 fully saturated rings. The van der Waals surface area contributed by atoms with Gasteiger partial charge in [0.05, 0.1) is 16.1 Å². The zero-order chi connectivity index (χ0) is 24.6. The molecule has 0 bridgehead atoms. The molecule has 0 radical (unpaired) electrons. The van der Waals surface area contributed by atoms with E-state index in [1.807, 2.05) is 49.4 Å². The van der Waals surface area contributed by atoms with E-state index in [4.69, 9.17) is 4.74 Å². The van der Waals surface area contributed by atoms with Crippen LogP contribution in [0.1, 0.15) is 34.8 Å². The second-order valence-electron chi connectivity index (χ2n) is 8.86. The number of para-hydroxylation sites is 2. The molecule has 0 unspecified atom stereocenters. The van der Waals surface area contributed by atoms with Gasteiger partial charge in [0.25, 0.3) is 15.9 Å². The Labute approximate surface area is 205 Å². The first-order valence-electron chi connectivity index (χ1n) is 11.6. The molecule has 0 N–H and O–H groups in total. The minimum atomic E-state index is -3.87. The van der Waals surface area contributed by atoms with Gasteiger partial charge >= 0.3 is 5.97 Å². The lowest BCUT2D eigenvalue weighted by molar-refractivity contribution is -0.122. The average molecular weight is 491 g/mol. The molecular formula is C27H26N2O5S. The normalized spacial score (nSPS) is 17.0. The van der Waals surface area contributed by atoms with Gasteiger partial charge in [-0.05, 0) is 67.6 Å². The van der Waals surface area contributed by atoms with Crippen LogP contribution in [0, 0.1) is 0 Å². The SMILES string of the molecule is C[C@H]1Cc2ccccc2N1C(=O)COC(=O)c1cccc(S(=O)(=O)N2CCCc3ccccc32)c1. The van der Waals surface area contributed by atoms with Crippen molar-refractivity contribution >= 4 is 33.3 Å². The molecule has 2 aliphatic rings. The number of carbonyl (C=O) groups is 2. The van der Waals surface area contributed by atoms with E-state index in [0.29, 0.717) is 12.2 Å². The Morgan fingerprint density at radius 3 is 2.46 bits per heavy atom. The first-order chi connectivity index (χ1) is 16.9. The number of ether oxygens (including phenoxy) is 1. The second-order valence-corrected chi connectivity index (χ2v) is 10.7. The number of fused-ring (bicyclic) bond motifs is 2. The summed E-state index contributed by atoms with van der Waals surface area (Å²) < 4.78 is 33.6. The number of nitrogens with zero attached hydrogens (tertiary/aromatic N) is 2. The summed E-state index contributed by atoms with van der Waals surface area (Å²) in [5, 5.41) is 0. The largest absolute Gasteiger partial charge is 0.452 e. The van der Waals surface area contributed by atoms with Crippen LogP contribution in [0.2, 0.25) is 0 Å². The van der Waals surface area contributed by atoms with Crippen molar-refractivity contribution < 1.29 is 22.7 Å². The van der Waals surface area contributed by atoms with E-state index in [9.17, 15) is 18.0 Å². The molecule has 0 aliphatic carbocycles. The number of anilines is 2. The molecule has 35 heavy (non-hydrogen) atoms. The number of carbonyl (C=O) groups excluding carboxylic acids is 2. The van der Waals surface area contributed by atoms with E-state index < -0.39 is 22.6 Å². The third-order valence-corrected chi connectivity index (χ3v) is 8.34. The van der Waals surface area contributed by atoms with Crippen LogP contribution in [0.5, 0.6) is 0 Å². The first-order valence-corrected chi connectivity index (χ1v) is 13.1. The quantitative estimate of drug-likeness (QED) is 0.506. The van der Waals surface area contributed by atoms with Gasteiger partial charge in [-0.3, -0.25) is 9.10 Å². The number of hydrogen-bond donors (Lipinski definition) is 0. The van der Waals surface area contributed by atoms with E-state index in [-0.39, 0.29) is 22.4 Å². The highest BCUT2D eigenvalue weighted by Crippen LogP contribution is 2.33. The minimum absolute atomic E-state index is 0.0112. The lowest BCUT2D eigenvalue weighted by atomic mass is 10.0. The summed E-state index contributed by atoms with van der Waals surface area (Å²) in [4.78, 5) is 27.3. The average Bonchev–Trinajstić information content (AvgIpc) is 3.22. The number of aryl methyl sites for hydroxylation is 1. The van der Waals surface area contributed by atoms with Gasteiger partial charge in [0, 0.05) is 18.3 Å². The van der Waals surface area contributed by atoms with Gasteiger partial charge < -0.3 is 9.64 Å². The monoisotopic (exact) mass is 490 g/mol. The predicted molar refractivity (Wildman–Crippen MR) is 133 cm³/mol. The van der Waals surface area contributed by atoms with Gasteiger partial charge in [0.15, 0.2) is 6.61 Å². The van der Waals surface area contributed by atoms with Crippen LogP contribution in [0.3, 0.4) is 0 Å². The fourth-order valence-corrected chi connectivity index (χ4v) is 6.47. The summed E-state index contributed by atoms with van der Waals surface area (Å²) >= 11 is 0. The summed E-state index contributed by atoms with van der Waals surface area (Å²) in [5.41, 5.74) is 3.64. The van der Waals surface area contributed by atoms with Crippen LogP contribution in [0.4, 0.5) is 11.4 Å². The number of esters is 1. The molecule has 8 heteroatoms.